The van der Waals surface area contributed by atoms with E-state index in [0.29, 0.717) is 0 Å². The molecule has 0 fully saturated rings. The molecule has 3 aromatic carbocycles. The van der Waals surface area contributed by atoms with Gasteiger partial charge in [-0.15, -0.1) is 0 Å². The maximum atomic E-state index is 2.35. The number of benzene rings is 3. The average Bonchev–Trinajstić information content (AvgIpc) is 2.40. The molecular weight excluding hydrogens is 216 g/mol. The van der Waals surface area contributed by atoms with Crippen molar-refractivity contribution < 1.29 is 0 Å². The molecule has 0 heterocycles. The number of rotatable bonds is 2. The Morgan fingerprint density at radius 2 is 1.56 bits per heavy atom. The number of hydrogen-bond acceptors (Lipinski definition) is 0. The van der Waals surface area contributed by atoms with E-state index >= 15 is 0 Å². The first kappa shape index (κ1) is 11.3. The van der Waals surface area contributed by atoms with Gasteiger partial charge in [-0.25, -0.2) is 0 Å². The van der Waals surface area contributed by atoms with Gasteiger partial charge in [-0.2, -0.15) is 0 Å². The first-order valence-electron chi connectivity index (χ1n) is 6.70. The molecule has 0 radical (unpaired) electrons. The summed E-state index contributed by atoms with van der Waals surface area (Å²) >= 11 is 0. The topological polar surface area (TPSA) is 0 Å². The number of hydrogen-bond donors (Lipinski definition) is 0. The van der Waals surface area contributed by atoms with E-state index in [2.05, 4.69) is 62.4 Å². The molecule has 90 valence electrons. The molecule has 0 bridgehead atoms. The van der Waals surface area contributed by atoms with Gasteiger partial charge in [-0.05, 0) is 58.1 Å². The molecule has 0 aromatic heterocycles. The van der Waals surface area contributed by atoms with Gasteiger partial charge in [0.2, 0.25) is 0 Å². The summed E-state index contributed by atoms with van der Waals surface area (Å²) in [6, 6.07) is 17.8. The molecule has 0 aliphatic rings. The molecule has 0 nitrogen and oxygen atoms in total. The molecule has 0 amide bonds. The van der Waals surface area contributed by atoms with Crippen LogP contribution in [0.15, 0.2) is 48.5 Å². The van der Waals surface area contributed by atoms with E-state index in [4.69, 9.17) is 0 Å². The van der Waals surface area contributed by atoms with Gasteiger partial charge in [0.15, 0.2) is 0 Å². The van der Waals surface area contributed by atoms with Crippen LogP contribution in [0.25, 0.3) is 21.5 Å². The van der Waals surface area contributed by atoms with E-state index in [1.807, 2.05) is 0 Å². The third-order valence-corrected chi connectivity index (χ3v) is 3.73. The van der Waals surface area contributed by atoms with Crippen LogP contribution in [0.2, 0.25) is 0 Å². The van der Waals surface area contributed by atoms with Crippen molar-refractivity contribution in [3.63, 3.8) is 0 Å². The summed E-state index contributed by atoms with van der Waals surface area (Å²) in [6.45, 7) is 4.47. The minimum Gasteiger partial charge on any atom is -0.0651 e. The lowest BCUT2D eigenvalue weighted by Gasteiger charge is -2.11. The van der Waals surface area contributed by atoms with E-state index in [1.54, 1.807) is 0 Å². The summed E-state index contributed by atoms with van der Waals surface area (Å²) < 4.78 is 0. The molecule has 0 N–H and O–H groups in total. The summed E-state index contributed by atoms with van der Waals surface area (Å²) in [5.41, 5.74) is 2.93. The fourth-order valence-electron chi connectivity index (χ4n) is 2.77. The van der Waals surface area contributed by atoms with Gasteiger partial charge in [0.1, 0.15) is 0 Å². The van der Waals surface area contributed by atoms with Crippen LogP contribution < -0.4 is 0 Å². The Labute approximate surface area is 108 Å². The van der Waals surface area contributed by atoms with E-state index in [1.165, 1.54) is 45.5 Å². The van der Waals surface area contributed by atoms with Gasteiger partial charge in [-0.1, -0.05) is 49.7 Å². The lowest BCUT2D eigenvalue weighted by molar-refractivity contribution is 0.921. The summed E-state index contributed by atoms with van der Waals surface area (Å²) in [4.78, 5) is 0. The van der Waals surface area contributed by atoms with Crippen LogP contribution in [0.3, 0.4) is 0 Å². The van der Waals surface area contributed by atoms with Gasteiger partial charge < -0.3 is 0 Å². The molecular formula is C18H18. The van der Waals surface area contributed by atoms with Crippen LogP contribution in [0, 0.1) is 6.92 Å². The summed E-state index contributed by atoms with van der Waals surface area (Å²) in [5.74, 6) is 0. The predicted octanol–water partition coefficient (Wildman–Crippen LogP) is 5.25. The van der Waals surface area contributed by atoms with Crippen LogP contribution in [-0.2, 0) is 6.42 Å². The van der Waals surface area contributed by atoms with E-state index in [9.17, 15) is 0 Å². The summed E-state index contributed by atoms with van der Waals surface area (Å²) in [5, 5.41) is 5.46. The molecule has 0 unspecified atom stereocenters. The fraction of sp³-hybridized carbons (Fsp3) is 0.222. The molecule has 0 heteroatoms. The first-order valence-corrected chi connectivity index (χ1v) is 6.70. The molecule has 0 aliphatic heterocycles. The highest BCUT2D eigenvalue weighted by molar-refractivity contribution is 6.00. The van der Waals surface area contributed by atoms with Gasteiger partial charge in [-0.3, -0.25) is 0 Å². The van der Waals surface area contributed by atoms with Gasteiger partial charge in [0.25, 0.3) is 0 Å². The number of aryl methyl sites for hydroxylation is 2. The molecule has 0 atom stereocenters. The monoisotopic (exact) mass is 234 g/mol. The van der Waals surface area contributed by atoms with Crippen molar-refractivity contribution in [3.8, 4) is 0 Å². The second-order valence-corrected chi connectivity index (χ2v) is 5.03. The Morgan fingerprint density at radius 3 is 2.28 bits per heavy atom. The second kappa shape index (κ2) is 4.45. The summed E-state index contributed by atoms with van der Waals surface area (Å²) in [6.07, 6.45) is 2.37. The zero-order valence-corrected chi connectivity index (χ0v) is 11.0. The van der Waals surface area contributed by atoms with Crippen molar-refractivity contribution in [1.29, 1.82) is 0 Å². The van der Waals surface area contributed by atoms with Crippen molar-refractivity contribution in [2.45, 2.75) is 26.7 Å². The van der Waals surface area contributed by atoms with E-state index in [-0.39, 0.29) is 0 Å². The Hall–Kier alpha value is -1.82. The second-order valence-electron chi connectivity index (χ2n) is 5.03. The van der Waals surface area contributed by atoms with Crippen molar-refractivity contribution in [1.82, 2.24) is 0 Å². The highest BCUT2D eigenvalue weighted by Gasteiger charge is 2.05. The quantitative estimate of drug-likeness (QED) is 0.531. The van der Waals surface area contributed by atoms with Gasteiger partial charge in [0, 0.05) is 0 Å². The van der Waals surface area contributed by atoms with E-state index < -0.39 is 0 Å². The van der Waals surface area contributed by atoms with Crippen LogP contribution in [-0.4, -0.2) is 0 Å². The normalized spacial score (nSPS) is 11.2. The molecule has 0 saturated heterocycles. The predicted molar refractivity (Wildman–Crippen MR) is 80.2 cm³/mol. The summed E-state index contributed by atoms with van der Waals surface area (Å²) in [7, 11) is 0. The highest BCUT2D eigenvalue weighted by atomic mass is 14.1. The van der Waals surface area contributed by atoms with Gasteiger partial charge in [0.05, 0.1) is 0 Å². The van der Waals surface area contributed by atoms with Gasteiger partial charge >= 0.3 is 0 Å². The molecule has 0 saturated carbocycles. The van der Waals surface area contributed by atoms with Crippen LogP contribution in [0.5, 0.6) is 0 Å². The molecule has 3 rings (SSSR count). The average molecular weight is 234 g/mol. The highest BCUT2D eigenvalue weighted by Crippen LogP contribution is 2.28. The first-order chi connectivity index (χ1) is 8.79. The lowest BCUT2D eigenvalue weighted by Crippen LogP contribution is -1.91. The molecule has 3 aromatic rings. The smallest absolute Gasteiger partial charge is 0.0143 e. The minimum absolute atomic E-state index is 1.17. The molecule has 0 aliphatic carbocycles. The van der Waals surface area contributed by atoms with Crippen molar-refractivity contribution >= 4 is 21.5 Å². The standard InChI is InChI=1S/C18H18/c1-3-6-17-13(2)9-10-16-11-14-7-4-5-8-15(14)12-18(16)17/h4-5,7-12H,3,6H2,1-2H3. The van der Waals surface area contributed by atoms with Crippen LogP contribution >= 0.6 is 0 Å². The Morgan fingerprint density at radius 1 is 0.833 bits per heavy atom. The zero-order valence-electron chi connectivity index (χ0n) is 11.0. The fourth-order valence-corrected chi connectivity index (χ4v) is 2.77. The Bertz CT molecular complexity index is 708. The zero-order chi connectivity index (χ0) is 12.5. The Balaban J connectivity index is 2.39. The SMILES string of the molecule is CCCc1c(C)ccc2cc3ccccc3cc12. The molecule has 18 heavy (non-hydrogen) atoms. The van der Waals surface area contributed by atoms with Crippen molar-refractivity contribution in [3.05, 3.63) is 59.7 Å². The number of fused-ring (bicyclic) bond motifs is 2. The minimum atomic E-state index is 1.17. The van der Waals surface area contributed by atoms with Crippen LogP contribution in [0.4, 0.5) is 0 Å². The van der Waals surface area contributed by atoms with Crippen molar-refractivity contribution in [2.75, 3.05) is 0 Å². The van der Waals surface area contributed by atoms with E-state index in [0.717, 1.165) is 0 Å². The van der Waals surface area contributed by atoms with Crippen molar-refractivity contribution in [2.24, 2.45) is 0 Å². The molecule has 0 spiro atoms. The van der Waals surface area contributed by atoms with Crippen LogP contribution in [0.1, 0.15) is 24.5 Å². The Kier molecular flexibility index (Phi) is 2.79. The third-order valence-electron chi connectivity index (χ3n) is 3.73. The maximum Gasteiger partial charge on any atom is -0.0143 e. The third kappa shape index (κ3) is 1.78. The largest absolute Gasteiger partial charge is 0.0651 e. The lowest BCUT2D eigenvalue weighted by atomic mass is 9.94. The maximum absolute atomic E-state index is 2.35.